The Balaban J connectivity index is 1.91. The fourth-order valence-corrected chi connectivity index (χ4v) is 6.07. The summed E-state index contributed by atoms with van der Waals surface area (Å²) in [6, 6.07) is 21.2. The number of carbonyl (C=O) groups excluding carboxylic acids is 2. The Morgan fingerprint density at radius 2 is 1.64 bits per heavy atom. The van der Waals surface area contributed by atoms with Gasteiger partial charge in [-0.05, 0) is 56.0 Å². The maximum Gasteiger partial charge on any atom is 0.243 e. The average Bonchev–Trinajstić information content (AvgIpc) is 2.94. The molecule has 0 aromatic heterocycles. The average molecular weight is 633 g/mol. The summed E-state index contributed by atoms with van der Waals surface area (Å²) < 4.78 is 26.5. The number of aryl methyl sites for hydroxylation is 1. The summed E-state index contributed by atoms with van der Waals surface area (Å²) in [5.41, 5.74) is 3.14. The van der Waals surface area contributed by atoms with E-state index in [0.717, 1.165) is 33.7 Å². The Morgan fingerprint density at radius 1 is 0.952 bits per heavy atom. The summed E-state index contributed by atoms with van der Waals surface area (Å²) in [7, 11) is -3.71. The molecule has 0 saturated heterocycles. The first-order valence-electron chi connectivity index (χ1n) is 14.0. The van der Waals surface area contributed by atoms with E-state index in [-0.39, 0.29) is 54.5 Å². The van der Waals surface area contributed by atoms with Gasteiger partial charge in [-0.1, -0.05) is 90.3 Å². The normalized spacial score (nSPS) is 12.8. The van der Waals surface area contributed by atoms with Gasteiger partial charge in [0.2, 0.25) is 21.8 Å². The van der Waals surface area contributed by atoms with Gasteiger partial charge < -0.3 is 10.2 Å². The maximum absolute atomic E-state index is 13.9. The van der Waals surface area contributed by atoms with Crippen molar-refractivity contribution in [2.75, 3.05) is 17.1 Å². The molecule has 0 saturated carbocycles. The molecule has 2 atom stereocenters. The van der Waals surface area contributed by atoms with Gasteiger partial charge in [0.05, 0.1) is 17.0 Å². The minimum atomic E-state index is -3.71. The smallest absolute Gasteiger partial charge is 0.243 e. The minimum absolute atomic E-state index is 0.0192. The number of nitrogens with zero attached hydrogens (tertiary/aromatic N) is 2. The van der Waals surface area contributed by atoms with Crippen LogP contribution < -0.4 is 9.62 Å². The second-order valence-electron chi connectivity index (χ2n) is 10.6. The number of anilines is 1. The van der Waals surface area contributed by atoms with Gasteiger partial charge in [-0.2, -0.15) is 0 Å². The lowest BCUT2D eigenvalue weighted by Gasteiger charge is -2.33. The number of rotatable bonds is 14. The summed E-state index contributed by atoms with van der Waals surface area (Å²) in [6.07, 6.45) is 2.42. The Hall–Kier alpha value is -3.07. The molecule has 0 aliphatic heterocycles. The highest BCUT2D eigenvalue weighted by Gasteiger charge is 2.31. The van der Waals surface area contributed by atoms with E-state index in [4.69, 9.17) is 23.2 Å². The first-order valence-corrected chi connectivity index (χ1v) is 16.6. The van der Waals surface area contributed by atoms with E-state index >= 15 is 0 Å². The first kappa shape index (κ1) is 33.4. The van der Waals surface area contributed by atoms with Crippen molar-refractivity contribution in [1.82, 2.24) is 10.2 Å². The van der Waals surface area contributed by atoms with Gasteiger partial charge in [0, 0.05) is 37.0 Å². The molecular formula is C32H39Cl2N3O4S. The molecule has 3 aromatic carbocycles. The van der Waals surface area contributed by atoms with Crippen LogP contribution >= 0.6 is 23.2 Å². The van der Waals surface area contributed by atoms with Crippen molar-refractivity contribution in [3.63, 3.8) is 0 Å². The number of amides is 2. The second kappa shape index (κ2) is 15.4. The van der Waals surface area contributed by atoms with Crippen LogP contribution in [0.15, 0.2) is 72.8 Å². The first-order chi connectivity index (χ1) is 19.9. The SMILES string of the molecule is CCC(C)NC(=O)C(Cc1ccccc1)N(Cc1cccc(C)c1)C(=O)CCCN(c1cc(Cl)ccc1Cl)S(C)(=O)=O. The molecule has 0 fully saturated rings. The summed E-state index contributed by atoms with van der Waals surface area (Å²) in [5, 5.41) is 3.65. The van der Waals surface area contributed by atoms with Gasteiger partial charge in [0.25, 0.3) is 0 Å². The number of nitrogens with one attached hydrogen (secondary N) is 1. The van der Waals surface area contributed by atoms with E-state index in [0.29, 0.717) is 11.4 Å². The quantitative estimate of drug-likeness (QED) is 0.223. The van der Waals surface area contributed by atoms with Gasteiger partial charge in [-0.15, -0.1) is 0 Å². The lowest BCUT2D eigenvalue weighted by molar-refractivity contribution is -0.141. The van der Waals surface area contributed by atoms with E-state index in [2.05, 4.69) is 5.32 Å². The van der Waals surface area contributed by atoms with Crippen molar-refractivity contribution in [2.24, 2.45) is 0 Å². The Morgan fingerprint density at radius 3 is 2.29 bits per heavy atom. The van der Waals surface area contributed by atoms with E-state index in [1.165, 1.54) is 12.1 Å². The molecule has 0 aliphatic carbocycles. The number of halogens is 2. The Bertz CT molecular complexity index is 1470. The summed E-state index contributed by atoms with van der Waals surface area (Å²) in [6.45, 7) is 6.16. The number of benzene rings is 3. The van der Waals surface area contributed by atoms with E-state index in [1.54, 1.807) is 11.0 Å². The molecule has 1 N–H and O–H groups in total. The van der Waals surface area contributed by atoms with Crippen LogP contribution in [0.2, 0.25) is 10.0 Å². The molecule has 0 bridgehead atoms. The van der Waals surface area contributed by atoms with Crippen molar-refractivity contribution in [3.05, 3.63) is 99.5 Å². The lowest BCUT2D eigenvalue weighted by Crippen LogP contribution is -2.52. The van der Waals surface area contributed by atoms with Crippen molar-refractivity contribution in [2.45, 2.75) is 65.1 Å². The van der Waals surface area contributed by atoms with Crippen LogP contribution in [0, 0.1) is 6.92 Å². The molecule has 3 aromatic rings. The summed E-state index contributed by atoms with van der Waals surface area (Å²) >= 11 is 12.4. The largest absolute Gasteiger partial charge is 0.352 e. The predicted octanol–water partition coefficient (Wildman–Crippen LogP) is 6.40. The molecule has 10 heteroatoms. The molecular weight excluding hydrogens is 593 g/mol. The standard InChI is InChI=1S/C32H39Cl2N3O4S/c1-5-24(3)35-32(39)30(20-25-12-7-6-8-13-25)36(22-26-14-9-11-23(2)19-26)31(38)15-10-18-37(42(4,40)41)29-21-27(33)16-17-28(29)34/h6-9,11-14,16-17,19,21,24,30H,5,10,15,18,20,22H2,1-4H3,(H,35,39). The van der Waals surface area contributed by atoms with Gasteiger partial charge >= 0.3 is 0 Å². The fourth-order valence-electron chi connectivity index (χ4n) is 4.66. The highest BCUT2D eigenvalue weighted by Crippen LogP contribution is 2.31. The highest BCUT2D eigenvalue weighted by molar-refractivity contribution is 7.92. The zero-order valence-electron chi connectivity index (χ0n) is 24.5. The van der Waals surface area contributed by atoms with Crippen LogP contribution in [0.3, 0.4) is 0 Å². The Kier molecular flexibility index (Phi) is 12.3. The van der Waals surface area contributed by atoms with Crippen molar-refractivity contribution >= 4 is 50.7 Å². The zero-order chi connectivity index (χ0) is 30.9. The summed E-state index contributed by atoms with van der Waals surface area (Å²) in [5.74, 6) is -0.472. The van der Waals surface area contributed by atoms with Crippen LogP contribution in [-0.4, -0.2) is 50.0 Å². The molecule has 0 aliphatic rings. The van der Waals surface area contributed by atoms with Crippen LogP contribution in [0.1, 0.15) is 49.8 Å². The maximum atomic E-state index is 13.9. The molecule has 0 spiro atoms. The van der Waals surface area contributed by atoms with Crippen molar-refractivity contribution in [1.29, 1.82) is 0 Å². The third-order valence-electron chi connectivity index (χ3n) is 7.04. The zero-order valence-corrected chi connectivity index (χ0v) is 26.8. The fraction of sp³-hybridized carbons (Fsp3) is 0.375. The number of sulfonamides is 1. The second-order valence-corrected chi connectivity index (χ2v) is 13.3. The predicted molar refractivity (Wildman–Crippen MR) is 171 cm³/mol. The van der Waals surface area contributed by atoms with Crippen LogP contribution in [-0.2, 0) is 32.6 Å². The highest BCUT2D eigenvalue weighted by atomic mass is 35.5. The topological polar surface area (TPSA) is 86.8 Å². The molecule has 2 unspecified atom stereocenters. The van der Waals surface area contributed by atoms with Gasteiger partial charge in [-0.3, -0.25) is 13.9 Å². The molecule has 226 valence electrons. The summed E-state index contributed by atoms with van der Waals surface area (Å²) in [4.78, 5) is 29.2. The molecule has 2 amide bonds. The number of hydrogen-bond donors (Lipinski definition) is 1. The van der Waals surface area contributed by atoms with E-state index < -0.39 is 16.1 Å². The molecule has 0 heterocycles. The lowest BCUT2D eigenvalue weighted by atomic mass is 10.0. The minimum Gasteiger partial charge on any atom is -0.352 e. The molecule has 42 heavy (non-hydrogen) atoms. The van der Waals surface area contributed by atoms with Gasteiger partial charge in [0.1, 0.15) is 6.04 Å². The monoisotopic (exact) mass is 631 g/mol. The van der Waals surface area contributed by atoms with Gasteiger partial charge in [-0.25, -0.2) is 8.42 Å². The van der Waals surface area contributed by atoms with Gasteiger partial charge in [0.15, 0.2) is 0 Å². The molecule has 3 rings (SSSR count). The molecule has 0 radical (unpaired) electrons. The van der Waals surface area contributed by atoms with Crippen molar-refractivity contribution in [3.8, 4) is 0 Å². The number of carbonyl (C=O) groups is 2. The van der Waals surface area contributed by atoms with E-state index in [1.807, 2.05) is 75.4 Å². The van der Waals surface area contributed by atoms with Crippen LogP contribution in [0.5, 0.6) is 0 Å². The van der Waals surface area contributed by atoms with Crippen LogP contribution in [0.25, 0.3) is 0 Å². The Labute approximate surface area is 259 Å². The molecule has 7 nitrogen and oxygen atoms in total. The third-order valence-corrected chi connectivity index (χ3v) is 8.77. The third kappa shape index (κ3) is 9.75. The van der Waals surface area contributed by atoms with Crippen LogP contribution in [0.4, 0.5) is 5.69 Å². The van der Waals surface area contributed by atoms with Crippen molar-refractivity contribution < 1.29 is 18.0 Å². The van der Waals surface area contributed by atoms with E-state index in [9.17, 15) is 18.0 Å². The number of hydrogen-bond acceptors (Lipinski definition) is 4.